The fraction of sp³-hybridized carbons (Fsp3) is 0. The van der Waals surface area contributed by atoms with E-state index in [9.17, 15) is 14.4 Å². The molecule has 9 nitrogen and oxygen atoms in total. The van der Waals surface area contributed by atoms with Crippen LogP contribution in [0.2, 0.25) is 0 Å². The molecule has 3 aromatic carbocycles. The van der Waals surface area contributed by atoms with Gasteiger partial charge in [0, 0.05) is 28.6 Å². The minimum absolute atomic E-state index is 0.0887. The van der Waals surface area contributed by atoms with Crippen molar-refractivity contribution in [3.8, 4) is 5.69 Å². The van der Waals surface area contributed by atoms with Gasteiger partial charge in [-0.3, -0.25) is 19.0 Å². The Bertz CT molecular complexity index is 1720. The second kappa shape index (κ2) is 10.6. The lowest BCUT2D eigenvalue weighted by atomic mass is 10.1. The summed E-state index contributed by atoms with van der Waals surface area (Å²) in [6.45, 7) is 3.47. The molecule has 38 heavy (non-hydrogen) atoms. The zero-order chi connectivity index (χ0) is 26.5. The molecule has 0 saturated heterocycles. The van der Waals surface area contributed by atoms with E-state index in [1.54, 1.807) is 54.7 Å². The number of pyridine rings is 1. The average Bonchev–Trinajstić information content (AvgIpc) is 2.94. The maximum absolute atomic E-state index is 13.8. The fourth-order valence-corrected chi connectivity index (χ4v) is 3.85. The standard InChI is InChI=1S/C29H22N6O3/c1-2-25(36)31-22-14-9-15-23(17-22)35-26-19(18-30-29(34-26)33-21-12-7-4-8-13-21)16-24(28(35)38)27(37)32-20-10-5-3-6-11-20/h2-18H,1H2,(H,31,36)(H,32,37)(H,30,33,34). The largest absolute Gasteiger partial charge is 0.324 e. The van der Waals surface area contributed by atoms with E-state index in [0.717, 1.165) is 11.8 Å². The number of carbonyl (C=O) groups is 2. The van der Waals surface area contributed by atoms with Gasteiger partial charge < -0.3 is 16.0 Å². The van der Waals surface area contributed by atoms with Gasteiger partial charge in [-0.1, -0.05) is 49.0 Å². The highest BCUT2D eigenvalue weighted by Gasteiger charge is 2.19. The maximum Gasteiger partial charge on any atom is 0.269 e. The van der Waals surface area contributed by atoms with E-state index in [1.807, 2.05) is 36.4 Å². The molecule has 3 N–H and O–H groups in total. The first-order valence-electron chi connectivity index (χ1n) is 11.7. The van der Waals surface area contributed by atoms with Crippen molar-refractivity contribution in [2.45, 2.75) is 0 Å². The summed E-state index contributed by atoms with van der Waals surface area (Å²) in [7, 11) is 0. The Hall–Kier alpha value is -5.57. The first-order chi connectivity index (χ1) is 18.5. The minimum Gasteiger partial charge on any atom is -0.324 e. The summed E-state index contributed by atoms with van der Waals surface area (Å²) in [5.41, 5.74) is 1.79. The molecule has 5 rings (SSSR count). The van der Waals surface area contributed by atoms with Gasteiger partial charge in [-0.15, -0.1) is 0 Å². The van der Waals surface area contributed by atoms with Crippen LogP contribution < -0.4 is 21.5 Å². The number of aromatic nitrogens is 3. The molecule has 9 heteroatoms. The number of rotatable bonds is 7. The summed E-state index contributed by atoms with van der Waals surface area (Å²) in [5.74, 6) is -0.694. The highest BCUT2D eigenvalue weighted by molar-refractivity contribution is 6.05. The molecule has 0 spiro atoms. The molecule has 2 amide bonds. The van der Waals surface area contributed by atoms with Crippen LogP contribution in [0, 0.1) is 0 Å². The third-order valence-corrected chi connectivity index (χ3v) is 5.60. The smallest absolute Gasteiger partial charge is 0.269 e. The number of carbonyl (C=O) groups excluding carboxylic acids is 2. The van der Waals surface area contributed by atoms with E-state index in [4.69, 9.17) is 0 Å². The molecule has 0 aliphatic rings. The Kier molecular flexibility index (Phi) is 6.73. The topological polar surface area (TPSA) is 118 Å². The molecule has 0 atom stereocenters. The van der Waals surface area contributed by atoms with Crippen molar-refractivity contribution in [3.63, 3.8) is 0 Å². The van der Waals surface area contributed by atoms with Gasteiger partial charge in [0.05, 0.1) is 5.69 Å². The highest BCUT2D eigenvalue weighted by atomic mass is 16.2. The van der Waals surface area contributed by atoms with Crippen LogP contribution in [-0.2, 0) is 4.79 Å². The Morgan fingerprint density at radius 3 is 2.21 bits per heavy atom. The molecule has 0 radical (unpaired) electrons. The van der Waals surface area contributed by atoms with Gasteiger partial charge in [0.25, 0.3) is 11.5 Å². The lowest BCUT2D eigenvalue weighted by Gasteiger charge is -2.14. The van der Waals surface area contributed by atoms with Crippen LogP contribution in [0.3, 0.4) is 0 Å². The van der Waals surface area contributed by atoms with Gasteiger partial charge in [-0.25, -0.2) is 4.98 Å². The summed E-state index contributed by atoms with van der Waals surface area (Å²) in [5, 5.41) is 9.04. The molecule has 0 bridgehead atoms. The number of hydrogen-bond acceptors (Lipinski definition) is 6. The van der Waals surface area contributed by atoms with E-state index in [-0.39, 0.29) is 17.2 Å². The molecule has 0 saturated carbocycles. The Balaban J connectivity index is 1.66. The highest BCUT2D eigenvalue weighted by Crippen LogP contribution is 2.22. The monoisotopic (exact) mass is 502 g/mol. The number of para-hydroxylation sites is 2. The molecule has 2 aromatic heterocycles. The Morgan fingerprint density at radius 1 is 0.816 bits per heavy atom. The summed E-state index contributed by atoms with van der Waals surface area (Å²) in [6, 6.07) is 26.4. The molecular formula is C29H22N6O3. The fourth-order valence-electron chi connectivity index (χ4n) is 3.85. The number of anilines is 4. The van der Waals surface area contributed by atoms with Gasteiger partial charge >= 0.3 is 0 Å². The van der Waals surface area contributed by atoms with Gasteiger partial charge in [0.2, 0.25) is 11.9 Å². The zero-order valence-corrected chi connectivity index (χ0v) is 20.1. The third kappa shape index (κ3) is 5.17. The quantitative estimate of drug-likeness (QED) is 0.273. The van der Waals surface area contributed by atoms with Crippen molar-refractivity contribution in [3.05, 3.63) is 126 Å². The second-order valence-electron chi connectivity index (χ2n) is 8.23. The average molecular weight is 503 g/mol. The predicted molar refractivity (Wildman–Crippen MR) is 148 cm³/mol. The van der Waals surface area contributed by atoms with Crippen molar-refractivity contribution >= 4 is 45.9 Å². The van der Waals surface area contributed by atoms with E-state index in [0.29, 0.717) is 22.4 Å². The molecule has 186 valence electrons. The van der Waals surface area contributed by atoms with Crippen LogP contribution in [-0.4, -0.2) is 26.3 Å². The third-order valence-electron chi connectivity index (χ3n) is 5.60. The first kappa shape index (κ1) is 24.1. The lowest BCUT2D eigenvalue weighted by Crippen LogP contribution is -2.29. The van der Waals surface area contributed by atoms with Crippen LogP contribution in [0.5, 0.6) is 0 Å². The zero-order valence-electron chi connectivity index (χ0n) is 20.1. The number of benzene rings is 3. The molecule has 0 aliphatic carbocycles. The maximum atomic E-state index is 13.8. The second-order valence-corrected chi connectivity index (χ2v) is 8.23. The van der Waals surface area contributed by atoms with Crippen molar-refractivity contribution < 1.29 is 9.59 Å². The van der Waals surface area contributed by atoms with Gasteiger partial charge in [0.15, 0.2) is 5.65 Å². The molecule has 0 unspecified atom stereocenters. The number of nitrogens with one attached hydrogen (secondary N) is 3. The predicted octanol–water partition coefficient (Wildman–Crippen LogP) is 4.90. The summed E-state index contributed by atoms with van der Waals surface area (Å²) in [6.07, 6.45) is 2.70. The van der Waals surface area contributed by atoms with Gasteiger partial charge in [-0.05, 0) is 54.6 Å². The van der Waals surface area contributed by atoms with E-state index >= 15 is 0 Å². The molecule has 0 fully saturated rings. The first-order valence-corrected chi connectivity index (χ1v) is 11.7. The summed E-state index contributed by atoms with van der Waals surface area (Å²) in [4.78, 5) is 47.8. The van der Waals surface area contributed by atoms with E-state index < -0.39 is 17.4 Å². The minimum atomic E-state index is -0.581. The van der Waals surface area contributed by atoms with Gasteiger partial charge in [0.1, 0.15) is 5.56 Å². The number of nitrogens with zero attached hydrogens (tertiary/aromatic N) is 3. The van der Waals surface area contributed by atoms with Crippen LogP contribution in [0.4, 0.5) is 23.0 Å². The Labute approximate surface area is 217 Å². The summed E-state index contributed by atoms with van der Waals surface area (Å²) >= 11 is 0. The van der Waals surface area contributed by atoms with Crippen LogP contribution in [0.1, 0.15) is 10.4 Å². The van der Waals surface area contributed by atoms with Crippen LogP contribution in [0.25, 0.3) is 16.7 Å². The number of amides is 2. The molecule has 0 aliphatic heterocycles. The van der Waals surface area contributed by atoms with Crippen molar-refractivity contribution in [2.75, 3.05) is 16.0 Å². The Morgan fingerprint density at radius 2 is 1.50 bits per heavy atom. The van der Waals surface area contributed by atoms with Gasteiger partial charge in [-0.2, -0.15) is 4.98 Å². The van der Waals surface area contributed by atoms with Crippen LogP contribution >= 0.6 is 0 Å². The van der Waals surface area contributed by atoms with E-state index in [2.05, 4.69) is 32.5 Å². The van der Waals surface area contributed by atoms with Crippen molar-refractivity contribution in [1.82, 2.24) is 14.5 Å². The lowest BCUT2D eigenvalue weighted by molar-refractivity contribution is -0.111. The normalized spacial score (nSPS) is 10.5. The molecule has 5 aromatic rings. The SMILES string of the molecule is C=CC(=O)Nc1cccc(-n2c(=O)c(C(=O)Nc3ccccc3)cc3cnc(Nc4ccccc4)nc32)c1. The molecular weight excluding hydrogens is 480 g/mol. The van der Waals surface area contributed by atoms with Crippen molar-refractivity contribution in [2.24, 2.45) is 0 Å². The van der Waals surface area contributed by atoms with Crippen LogP contribution in [0.15, 0.2) is 115 Å². The number of hydrogen-bond donors (Lipinski definition) is 3. The summed E-state index contributed by atoms with van der Waals surface area (Å²) < 4.78 is 1.33. The number of fused-ring (bicyclic) bond motifs is 1. The van der Waals surface area contributed by atoms with E-state index in [1.165, 1.54) is 10.6 Å². The van der Waals surface area contributed by atoms with Crippen molar-refractivity contribution in [1.29, 1.82) is 0 Å². The molecule has 2 heterocycles.